The van der Waals surface area contributed by atoms with E-state index >= 15 is 0 Å². The summed E-state index contributed by atoms with van der Waals surface area (Å²) in [5, 5.41) is 6.88. The summed E-state index contributed by atoms with van der Waals surface area (Å²) in [6.07, 6.45) is 0. The first kappa shape index (κ1) is 14.3. The van der Waals surface area contributed by atoms with Crippen LogP contribution >= 0.6 is 0 Å². The van der Waals surface area contributed by atoms with Crippen LogP contribution in [0.1, 0.15) is 23.7 Å². The predicted octanol–water partition coefficient (Wildman–Crippen LogP) is 3.63. The summed E-state index contributed by atoms with van der Waals surface area (Å²) < 4.78 is 7.10. The smallest absolute Gasteiger partial charge is 0.309 e. The van der Waals surface area contributed by atoms with Crippen molar-refractivity contribution in [1.82, 2.24) is 9.78 Å². The third-order valence-corrected chi connectivity index (χ3v) is 3.81. The Morgan fingerprint density at radius 1 is 1.14 bits per heavy atom. The Hall–Kier alpha value is -2.62. The van der Waals surface area contributed by atoms with E-state index in [2.05, 4.69) is 29.4 Å². The van der Waals surface area contributed by atoms with Gasteiger partial charge in [0.25, 0.3) is 0 Å². The maximum Gasteiger partial charge on any atom is 0.309 e. The standard InChI is InChI=1S/C18H18N2O2/c1-12-13(2)19-20(18(12)22-14(3)21)11-16-9-6-8-15-7-4-5-10-17(15)16/h4-10H,11H2,1-3H3. The normalized spacial score (nSPS) is 10.9. The fourth-order valence-corrected chi connectivity index (χ4v) is 2.61. The van der Waals surface area contributed by atoms with E-state index in [1.54, 1.807) is 4.68 Å². The lowest BCUT2D eigenvalue weighted by Crippen LogP contribution is -2.10. The third kappa shape index (κ3) is 2.60. The van der Waals surface area contributed by atoms with Gasteiger partial charge in [-0.25, -0.2) is 4.68 Å². The number of rotatable bonds is 3. The van der Waals surface area contributed by atoms with Gasteiger partial charge in [0.05, 0.1) is 12.2 Å². The van der Waals surface area contributed by atoms with Crippen molar-refractivity contribution >= 4 is 16.7 Å². The van der Waals surface area contributed by atoms with Crippen molar-refractivity contribution in [3.63, 3.8) is 0 Å². The second kappa shape index (κ2) is 5.64. The van der Waals surface area contributed by atoms with Gasteiger partial charge in [-0.1, -0.05) is 42.5 Å². The molecule has 4 nitrogen and oxygen atoms in total. The highest BCUT2D eigenvalue weighted by Crippen LogP contribution is 2.25. The minimum atomic E-state index is -0.331. The molecule has 0 N–H and O–H groups in total. The van der Waals surface area contributed by atoms with Crippen LogP contribution in [0.2, 0.25) is 0 Å². The highest BCUT2D eigenvalue weighted by molar-refractivity contribution is 5.85. The van der Waals surface area contributed by atoms with Gasteiger partial charge >= 0.3 is 5.97 Å². The molecule has 4 heteroatoms. The summed E-state index contributed by atoms with van der Waals surface area (Å²) in [4.78, 5) is 11.3. The Labute approximate surface area is 129 Å². The molecule has 0 aliphatic carbocycles. The van der Waals surface area contributed by atoms with Crippen LogP contribution in [0.3, 0.4) is 0 Å². The van der Waals surface area contributed by atoms with Crippen molar-refractivity contribution in [2.24, 2.45) is 0 Å². The molecule has 22 heavy (non-hydrogen) atoms. The van der Waals surface area contributed by atoms with E-state index in [1.807, 2.05) is 32.0 Å². The monoisotopic (exact) mass is 294 g/mol. The molecule has 0 radical (unpaired) electrons. The average molecular weight is 294 g/mol. The number of hydrogen-bond donors (Lipinski definition) is 0. The molecular weight excluding hydrogens is 276 g/mol. The fourth-order valence-electron chi connectivity index (χ4n) is 2.61. The number of carbonyl (C=O) groups excluding carboxylic acids is 1. The van der Waals surface area contributed by atoms with Crippen molar-refractivity contribution in [1.29, 1.82) is 0 Å². The number of aryl methyl sites for hydroxylation is 1. The van der Waals surface area contributed by atoms with E-state index in [0.29, 0.717) is 12.4 Å². The second-order valence-electron chi connectivity index (χ2n) is 5.41. The molecule has 1 aromatic heterocycles. The molecular formula is C18H18N2O2. The SMILES string of the molecule is CC(=O)Oc1c(C)c(C)nn1Cc1cccc2ccccc12. The lowest BCUT2D eigenvalue weighted by molar-refractivity contribution is -0.132. The molecule has 0 aliphatic rings. The van der Waals surface area contributed by atoms with Gasteiger partial charge in [0.2, 0.25) is 5.88 Å². The van der Waals surface area contributed by atoms with Gasteiger partial charge in [0.1, 0.15) is 0 Å². The molecule has 0 spiro atoms. The van der Waals surface area contributed by atoms with E-state index in [-0.39, 0.29) is 5.97 Å². The largest absolute Gasteiger partial charge is 0.408 e. The highest BCUT2D eigenvalue weighted by Gasteiger charge is 2.15. The van der Waals surface area contributed by atoms with Crippen molar-refractivity contribution in [2.45, 2.75) is 27.3 Å². The van der Waals surface area contributed by atoms with Gasteiger partial charge < -0.3 is 4.74 Å². The summed E-state index contributed by atoms with van der Waals surface area (Å²) in [7, 11) is 0. The van der Waals surface area contributed by atoms with E-state index in [0.717, 1.165) is 16.8 Å². The lowest BCUT2D eigenvalue weighted by Gasteiger charge is -2.10. The van der Waals surface area contributed by atoms with E-state index < -0.39 is 0 Å². The van der Waals surface area contributed by atoms with Crippen LogP contribution in [-0.2, 0) is 11.3 Å². The predicted molar refractivity (Wildman–Crippen MR) is 86.1 cm³/mol. The van der Waals surface area contributed by atoms with Gasteiger partial charge in [0, 0.05) is 12.5 Å². The molecule has 3 rings (SSSR count). The van der Waals surface area contributed by atoms with Crippen molar-refractivity contribution in [3.05, 3.63) is 59.3 Å². The molecule has 112 valence electrons. The summed E-state index contributed by atoms with van der Waals surface area (Å²) in [5.74, 6) is 0.195. The maximum absolute atomic E-state index is 11.3. The molecule has 0 amide bonds. The first-order chi connectivity index (χ1) is 10.6. The van der Waals surface area contributed by atoms with Crippen LogP contribution < -0.4 is 4.74 Å². The third-order valence-electron chi connectivity index (χ3n) is 3.81. The zero-order valence-corrected chi connectivity index (χ0v) is 13.0. The number of esters is 1. The Balaban J connectivity index is 2.05. The Bertz CT molecular complexity index is 844. The minimum absolute atomic E-state index is 0.331. The molecule has 0 fully saturated rings. The number of nitrogens with zero attached hydrogens (tertiary/aromatic N) is 2. The van der Waals surface area contributed by atoms with Crippen LogP contribution in [0, 0.1) is 13.8 Å². The van der Waals surface area contributed by atoms with Crippen LogP contribution in [0.25, 0.3) is 10.8 Å². The molecule has 0 aliphatic heterocycles. The van der Waals surface area contributed by atoms with Crippen LogP contribution in [0.4, 0.5) is 0 Å². The van der Waals surface area contributed by atoms with Gasteiger partial charge in [0.15, 0.2) is 0 Å². The van der Waals surface area contributed by atoms with Crippen molar-refractivity contribution < 1.29 is 9.53 Å². The molecule has 0 unspecified atom stereocenters. The van der Waals surface area contributed by atoms with Gasteiger partial charge in [-0.05, 0) is 30.2 Å². The van der Waals surface area contributed by atoms with Crippen LogP contribution in [-0.4, -0.2) is 15.7 Å². The molecule has 0 atom stereocenters. The van der Waals surface area contributed by atoms with Gasteiger partial charge in [-0.2, -0.15) is 5.10 Å². The quantitative estimate of drug-likeness (QED) is 0.693. The van der Waals surface area contributed by atoms with Crippen LogP contribution in [0.5, 0.6) is 5.88 Å². The van der Waals surface area contributed by atoms with Crippen LogP contribution in [0.15, 0.2) is 42.5 Å². The van der Waals surface area contributed by atoms with E-state index in [9.17, 15) is 4.79 Å². The van der Waals surface area contributed by atoms with Crippen molar-refractivity contribution in [2.75, 3.05) is 0 Å². The topological polar surface area (TPSA) is 44.1 Å². The zero-order chi connectivity index (χ0) is 15.7. The molecule has 0 bridgehead atoms. The summed E-state index contributed by atoms with van der Waals surface area (Å²) >= 11 is 0. The second-order valence-corrected chi connectivity index (χ2v) is 5.41. The number of aromatic nitrogens is 2. The Kier molecular flexibility index (Phi) is 3.67. The van der Waals surface area contributed by atoms with Crippen molar-refractivity contribution in [3.8, 4) is 5.88 Å². The zero-order valence-electron chi connectivity index (χ0n) is 13.0. The molecule has 2 aromatic carbocycles. The number of hydrogen-bond acceptors (Lipinski definition) is 3. The molecule has 0 saturated heterocycles. The van der Waals surface area contributed by atoms with Gasteiger partial charge in [-0.15, -0.1) is 0 Å². The molecule has 3 aromatic rings. The summed E-state index contributed by atoms with van der Waals surface area (Å²) in [5.41, 5.74) is 2.92. The molecule has 1 heterocycles. The number of fused-ring (bicyclic) bond motifs is 1. The number of benzene rings is 2. The molecule has 0 saturated carbocycles. The first-order valence-corrected chi connectivity index (χ1v) is 7.25. The highest BCUT2D eigenvalue weighted by atomic mass is 16.5. The van der Waals surface area contributed by atoms with E-state index in [1.165, 1.54) is 17.7 Å². The van der Waals surface area contributed by atoms with E-state index in [4.69, 9.17) is 4.74 Å². The number of ether oxygens (including phenoxy) is 1. The lowest BCUT2D eigenvalue weighted by atomic mass is 10.0. The van der Waals surface area contributed by atoms with Gasteiger partial charge in [-0.3, -0.25) is 4.79 Å². The Morgan fingerprint density at radius 3 is 2.64 bits per heavy atom. The first-order valence-electron chi connectivity index (χ1n) is 7.25. The fraction of sp³-hybridized carbons (Fsp3) is 0.222. The summed E-state index contributed by atoms with van der Waals surface area (Å²) in [6, 6.07) is 14.4. The average Bonchev–Trinajstić information content (AvgIpc) is 2.75. The summed E-state index contributed by atoms with van der Waals surface area (Å²) in [6.45, 7) is 5.81. The maximum atomic E-state index is 11.3. The number of carbonyl (C=O) groups is 1. The minimum Gasteiger partial charge on any atom is -0.408 e. The Morgan fingerprint density at radius 2 is 1.86 bits per heavy atom.